The zero-order valence-electron chi connectivity index (χ0n) is 15.9. The predicted molar refractivity (Wildman–Crippen MR) is 103 cm³/mol. The van der Waals surface area contributed by atoms with E-state index < -0.39 is 23.8 Å². The van der Waals surface area contributed by atoms with Gasteiger partial charge in [-0.25, -0.2) is 0 Å². The Hall–Kier alpha value is -2.87. The average Bonchev–Trinajstić information content (AvgIpc) is 3.25. The molecule has 2 aromatic rings. The highest BCUT2D eigenvalue weighted by Gasteiger charge is 2.42. The topological polar surface area (TPSA) is 82.1 Å². The van der Waals surface area contributed by atoms with E-state index in [1.807, 2.05) is 6.92 Å². The molecule has 1 aromatic carbocycles. The number of fused-ring (bicyclic) bond motifs is 1. The van der Waals surface area contributed by atoms with Crippen LogP contribution in [0.2, 0.25) is 0 Å². The van der Waals surface area contributed by atoms with E-state index in [1.54, 1.807) is 35.9 Å². The summed E-state index contributed by atoms with van der Waals surface area (Å²) in [6.07, 6.45) is -0.142. The SMILES string of the molecule is CCOC(=O)CC(c1ccc(OC)c(OCC)c1)N1C(=O)c2cscc2C1=O. The maximum Gasteiger partial charge on any atom is 0.308 e. The molecule has 0 saturated heterocycles. The Kier molecular flexibility index (Phi) is 5.99. The quantitative estimate of drug-likeness (QED) is 0.496. The van der Waals surface area contributed by atoms with Crippen LogP contribution in [0.1, 0.15) is 52.6 Å². The van der Waals surface area contributed by atoms with Gasteiger partial charge in [0.2, 0.25) is 0 Å². The van der Waals surface area contributed by atoms with Gasteiger partial charge in [0, 0.05) is 10.8 Å². The van der Waals surface area contributed by atoms with Gasteiger partial charge >= 0.3 is 5.97 Å². The van der Waals surface area contributed by atoms with Gasteiger partial charge in [0.15, 0.2) is 11.5 Å². The zero-order chi connectivity index (χ0) is 20.3. The maximum atomic E-state index is 12.9. The van der Waals surface area contributed by atoms with Crippen molar-refractivity contribution in [2.75, 3.05) is 20.3 Å². The molecular formula is C20H21NO6S. The summed E-state index contributed by atoms with van der Waals surface area (Å²) in [4.78, 5) is 39.1. The molecule has 8 heteroatoms. The van der Waals surface area contributed by atoms with Crippen LogP contribution in [0.15, 0.2) is 29.0 Å². The Morgan fingerprint density at radius 1 is 1.07 bits per heavy atom. The van der Waals surface area contributed by atoms with Crippen molar-refractivity contribution < 1.29 is 28.6 Å². The molecule has 0 spiro atoms. The number of ether oxygens (including phenoxy) is 3. The monoisotopic (exact) mass is 403 g/mol. The molecule has 7 nitrogen and oxygen atoms in total. The van der Waals surface area contributed by atoms with Crippen LogP contribution >= 0.6 is 11.3 Å². The van der Waals surface area contributed by atoms with Crippen molar-refractivity contribution >= 4 is 29.1 Å². The number of thiophene rings is 1. The van der Waals surface area contributed by atoms with Crippen molar-refractivity contribution in [1.29, 1.82) is 0 Å². The van der Waals surface area contributed by atoms with Crippen LogP contribution in [-0.4, -0.2) is 43.0 Å². The fraction of sp³-hybridized carbons (Fsp3) is 0.350. The Labute approximate surface area is 166 Å². The lowest BCUT2D eigenvalue weighted by atomic mass is 10.0. The van der Waals surface area contributed by atoms with E-state index in [1.165, 1.54) is 18.4 Å². The van der Waals surface area contributed by atoms with Crippen LogP contribution in [0.5, 0.6) is 11.5 Å². The Morgan fingerprint density at radius 2 is 1.75 bits per heavy atom. The van der Waals surface area contributed by atoms with E-state index in [4.69, 9.17) is 14.2 Å². The Morgan fingerprint density at radius 3 is 2.32 bits per heavy atom. The van der Waals surface area contributed by atoms with Crippen LogP contribution in [0, 0.1) is 0 Å². The predicted octanol–water partition coefficient (Wildman–Crippen LogP) is 3.45. The molecule has 0 radical (unpaired) electrons. The zero-order valence-corrected chi connectivity index (χ0v) is 16.7. The lowest BCUT2D eigenvalue weighted by Gasteiger charge is -2.26. The number of carbonyl (C=O) groups excluding carboxylic acids is 3. The Balaban J connectivity index is 2.02. The number of carbonyl (C=O) groups is 3. The highest BCUT2D eigenvalue weighted by atomic mass is 32.1. The molecule has 0 N–H and O–H groups in total. The third kappa shape index (κ3) is 3.60. The van der Waals surface area contributed by atoms with Crippen molar-refractivity contribution in [1.82, 2.24) is 4.90 Å². The molecule has 1 atom stereocenters. The minimum atomic E-state index is -0.804. The molecule has 28 heavy (non-hydrogen) atoms. The molecule has 1 unspecified atom stereocenters. The molecule has 1 aliphatic heterocycles. The van der Waals surface area contributed by atoms with Gasteiger partial charge in [0.1, 0.15) is 0 Å². The van der Waals surface area contributed by atoms with Gasteiger partial charge in [-0.2, -0.15) is 11.3 Å². The van der Waals surface area contributed by atoms with Crippen molar-refractivity contribution in [3.05, 3.63) is 45.6 Å². The number of methoxy groups -OCH3 is 1. The minimum absolute atomic E-state index is 0.142. The molecule has 1 aromatic heterocycles. The van der Waals surface area contributed by atoms with Gasteiger partial charge in [-0.3, -0.25) is 19.3 Å². The first-order chi connectivity index (χ1) is 13.5. The number of imide groups is 1. The highest BCUT2D eigenvalue weighted by Crippen LogP contribution is 2.38. The van der Waals surface area contributed by atoms with Gasteiger partial charge in [-0.05, 0) is 31.5 Å². The third-order valence-electron chi connectivity index (χ3n) is 4.41. The van der Waals surface area contributed by atoms with Crippen LogP contribution in [0.3, 0.4) is 0 Å². The minimum Gasteiger partial charge on any atom is -0.493 e. The number of rotatable bonds is 8. The van der Waals surface area contributed by atoms with E-state index in [0.29, 0.717) is 34.8 Å². The molecule has 2 heterocycles. The van der Waals surface area contributed by atoms with E-state index in [0.717, 1.165) is 4.90 Å². The first-order valence-electron chi connectivity index (χ1n) is 8.92. The summed E-state index contributed by atoms with van der Waals surface area (Å²) in [6, 6.07) is 4.30. The van der Waals surface area contributed by atoms with Gasteiger partial charge in [-0.15, -0.1) is 0 Å². The molecule has 0 saturated carbocycles. The fourth-order valence-corrected chi connectivity index (χ4v) is 3.96. The van der Waals surface area contributed by atoms with Gasteiger partial charge in [-0.1, -0.05) is 6.07 Å². The summed E-state index contributed by atoms with van der Waals surface area (Å²) in [5.74, 6) is -0.312. The number of hydrogen-bond donors (Lipinski definition) is 0. The molecule has 0 aliphatic carbocycles. The van der Waals surface area contributed by atoms with Crippen molar-refractivity contribution in [2.24, 2.45) is 0 Å². The number of amides is 2. The standard InChI is InChI=1S/C20H21NO6S/c1-4-26-17-8-12(6-7-16(17)25-3)15(9-18(22)27-5-2)21-19(23)13-10-28-11-14(13)20(21)24/h6-8,10-11,15H,4-5,9H2,1-3H3. The van der Waals surface area contributed by atoms with E-state index >= 15 is 0 Å². The first-order valence-corrected chi connectivity index (χ1v) is 9.86. The largest absolute Gasteiger partial charge is 0.493 e. The van der Waals surface area contributed by atoms with E-state index in [2.05, 4.69) is 0 Å². The smallest absolute Gasteiger partial charge is 0.308 e. The summed E-state index contributed by atoms with van der Waals surface area (Å²) in [5.41, 5.74) is 1.32. The number of hydrogen-bond acceptors (Lipinski definition) is 7. The molecule has 2 amide bonds. The second-order valence-electron chi connectivity index (χ2n) is 6.05. The fourth-order valence-electron chi connectivity index (χ4n) is 3.17. The second-order valence-corrected chi connectivity index (χ2v) is 6.79. The van der Waals surface area contributed by atoms with Crippen LogP contribution < -0.4 is 9.47 Å². The van der Waals surface area contributed by atoms with Gasteiger partial charge in [0.25, 0.3) is 11.8 Å². The van der Waals surface area contributed by atoms with Crippen LogP contribution in [0.4, 0.5) is 0 Å². The summed E-state index contributed by atoms with van der Waals surface area (Å²) in [6.45, 7) is 4.18. The van der Waals surface area contributed by atoms with Crippen molar-refractivity contribution in [3.8, 4) is 11.5 Å². The van der Waals surface area contributed by atoms with Crippen LogP contribution in [-0.2, 0) is 9.53 Å². The van der Waals surface area contributed by atoms with E-state index in [9.17, 15) is 14.4 Å². The number of benzene rings is 1. The maximum absolute atomic E-state index is 12.9. The molecule has 0 fully saturated rings. The molecule has 3 rings (SSSR count). The second kappa shape index (κ2) is 8.43. The third-order valence-corrected chi connectivity index (χ3v) is 5.15. The van der Waals surface area contributed by atoms with Gasteiger partial charge < -0.3 is 14.2 Å². The lowest BCUT2D eigenvalue weighted by molar-refractivity contribution is -0.144. The summed E-state index contributed by atoms with van der Waals surface area (Å²) in [7, 11) is 1.53. The molecule has 1 aliphatic rings. The summed E-state index contributed by atoms with van der Waals surface area (Å²) >= 11 is 1.30. The molecule has 0 bridgehead atoms. The molecular weight excluding hydrogens is 382 g/mol. The number of esters is 1. The van der Waals surface area contributed by atoms with Crippen molar-refractivity contribution in [3.63, 3.8) is 0 Å². The molecule has 148 valence electrons. The normalized spacial score (nSPS) is 14.0. The highest BCUT2D eigenvalue weighted by molar-refractivity contribution is 7.08. The number of nitrogens with zero attached hydrogens (tertiary/aromatic N) is 1. The summed E-state index contributed by atoms with van der Waals surface area (Å²) < 4.78 is 16.0. The first kappa shape index (κ1) is 19.9. The van der Waals surface area contributed by atoms with Crippen LogP contribution in [0.25, 0.3) is 0 Å². The van der Waals surface area contributed by atoms with Crippen molar-refractivity contribution in [2.45, 2.75) is 26.3 Å². The Bertz CT molecular complexity index is 875. The summed E-state index contributed by atoms with van der Waals surface area (Å²) in [5, 5.41) is 3.30. The lowest BCUT2D eigenvalue weighted by Crippen LogP contribution is -2.35. The van der Waals surface area contributed by atoms with Gasteiger partial charge in [0.05, 0.1) is 43.9 Å². The van der Waals surface area contributed by atoms with E-state index in [-0.39, 0.29) is 13.0 Å². The average molecular weight is 403 g/mol.